The SMILES string of the molecule is COc1ccc2cccc(CC(O)c3cccnc3)c2c1. The van der Waals surface area contributed by atoms with Crippen LogP contribution in [0.5, 0.6) is 5.75 Å². The molecule has 3 rings (SSSR count). The average molecular weight is 279 g/mol. The Kier molecular flexibility index (Phi) is 3.84. The van der Waals surface area contributed by atoms with Gasteiger partial charge < -0.3 is 9.84 Å². The minimum Gasteiger partial charge on any atom is -0.497 e. The van der Waals surface area contributed by atoms with E-state index in [9.17, 15) is 5.11 Å². The predicted molar refractivity (Wildman–Crippen MR) is 83.4 cm³/mol. The number of fused-ring (bicyclic) bond motifs is 1. The van der Waals surface area contributed by atoms with Gasteiger partial charge in [0.1, 0.15) is 5.75 Å². The van der Waals surface area contributed by atoms with Crippen LogP contribution in [0, 0.1) is 0 Å². The predicted octanol–water partition coefficient (Wildman–Crippen LogP) is 3.52. The lowest BCUT2D eigenvalue weighted by Crippen LogP contribution is -2.02. The van der Waals surface area contributed by atoms with Crippen molar-refractivity contribution >= 4 is 10.8 Å². The minimum atomic E-state index is -0.560. The Balaban J connectivity index is 1.96. The Morgan fingerprint density at radius 3 is 2.81 bits per heavy atom. The molecule has 0 fully saturated rings. The van der Waals surface area contributed by atoms with Gasteiger partial charge in [-0.2, -0.15) is 0 Å². The molecular weight excluding hydrogens is 262 g/mol. The number of rotatable bonds is 4. The Morgan fingerprint density at radius 2 is 2.05 bits per heavy atom. The number of aliphatic hydroxyl groups excluding tert-OH is 1. The Hall–Kier alpha value is -2.39. The molecule has 0 spiro atoms. The second-order valence-electron chi connectivity index (χ2n) is 5.01. The summed E-state index contributed by atoms with van der Waals surface area (Å²) in [6.45, 7) is 0. The summed E-state index contributed by atoms with van der Waals surface area (Å²) in [4.78, 5) is 4.06. The van der Waals surface area contributed by atoms with E-state index in [0.29, 0.717) is 6.42 Å². The maximum Gasteiger partial charge on any atom is 0.119 e. The van der Waals surface area contributed by atoms with Gasteiger partial charge in [0.05, 0.1) is 13.2 Å². The number of aliphatic hydroxyl groups is 1. The first-order valence-corrected chi connectivity index (χ1v) is 6.91. The lowest BCUT2D eigenvalue weighted by atomic mass is 9.97. The fraction of sp³-hybridized carbons (Fsp3) is 0.167. The number of aromatic nitrogens is 1. The maximum absolute atomic E-state index is 10.4. The van der Waals surface area contributed by atoms with Crippen LogP contribution < -0.4 is 4.74 Å². The van der Waals surface area contributed by atoms with Crippen LogP contribution in [-0.2, 0) is 6.42 Å². The van der Waals surface area contributed by atoms with Crippen molar-refractivity contribution in [3.63, 3.8) is 0 Å². The molecule has 3 nitrogen and oxygen atoms in total. The van der Waals surface area contributed by atoms with E-state index < -0.39 is 6.10 Å². The highest BCUT2D eigenvalue weighted by molar-refractivity contribution is 5.87. The van der Waals surface area contributed by atoms with E-state index in [1.165, 1.54) is 0 Å². The van der Waals surface area contributed by atoms with E-state index in [0.717, 1.165) is 27.6 Å². The van der Waals surface area contributed by atoms with Crippen molar-refractivity contribution in [3.05, 3.63) is 72.1 Å². The minimum absolute atomic E-state index is 0.552. The standard InChI is InChI=1S/C18H17NO2/c1-21-16-8-7-13-4-2-5-14(17(13)11-16)10-18(20)15-6-3-9-19-12-15/h2-9,11-12,18,20H,10H2,1H3. The quantitative estimate of drug-likeness (QED) is 0.794. The van der Waals surface area contributed by atoms with Crippen LogP contribution in [0.3, 0.4) is 0 Å². The number of benzene rings is 2. The van der Waals surface area contributed by atoms with Crippen molar-refractivity contribution in [1.29, 1.82) is 0 Å². The zero-order valence-electron chi connectivity index (χ0n) is 11.9. The van der Waals surface area contributed by atoms with Crippen LogP contribution in [-0.4, -0.2) is 17.2 Å². The number of ether oxygens (including phenoxy) is 1. The van der Waals surface area contributed by atoms with E-state index in [4.69, 9.17) is 4.74 Å². The second-order valence-corrected chi connectivity index (χ2v) is 5.01. The van der Waals surface area contributed by atoms with Gasteiger partial charge >= 0.3 is 0 Å². The maximum atomic E-state index is 10.4. The third-order valence-corrected chi connectivity index (χ3v) is 3.66. The molecule has 3 heteroatoms. The van der Waals surface area contributed by atoms with Crippen molar-refractivity contribution in [2.75, 3.05) is 7.11 Å². The Bertz CT molecular complexity index is 741. The fourth-order valence-electron chi connectivity index (χ4n) is 2.52. The van der Waals surface area contributed by atoms with E-state index >= 15 is 0 Å². The van der Waals surface area contributed by atoms with E-state index in [2.05, 4.69) is 11.1 Å². The molecule has 1 atom stereocenters. The van der Waals surface area contributed by atoms with Crippen molar-refractivity contribution < 1.29 is 9.84 Å². The van der Waals surface area contributed by atoms with Crippen LogP contribution in [0.25, 0.3) is 10.8 Å². The fourth-order valence-corrected chi connectivity index (χ4v) is 2.52. The molecular formula is C18H17NO2. The van der Waals surface area contributed by atoms with Crippen molar-refractivity contribution in [1.82, 2.24) is 4.98 Å². The summed E-state index contributed by atoms with van der Waals surface area (Å²) in [6.07, 6.45) is 3.40. The Labute approximate surface area is 123 Å². The molecule has 1 unspecified atom stereocenters. The first kappa shape index (κ1) is 13.6. The van der Waals surface area contributed by atoms with Crippen LogP contribution in [0.4, 0.5) is 0 Å². The van der Waals surface area contributed by atoms with E-state index in [-0.39, 0.29) is 0 Å². The van der Waals surface area contributed by atoms with Gasteiger partial charge in [-0.05, 0) is 40.1 Å². The van der Waals surface area contributed by atoms with Crippen molar-refractivity contribution in [2.45, 2.75) is 12.5 Å². The van der Waals surface area contributed by atoms with Gasteiger partial charge in [-0.3, -0.25) is 4.98 Å². The van der Waals surface area contributed by atoms with Crippen molar-refractivity contribution in [2.24, 2.45) is 0 Å². The van der Waals surface area contributed by atoms with Gasteiger partial charge in [0.15, 0.2) is 0 Å². The van der Waals surface area contributed by atoms with Gasteiger partial charge in [-0.15, -0.1) is 0 Å². The molecule has 1 aromatic heterocycles. The molecule has 3 aromatic rings. The van der Waals surface area contributed by atoms with Crippen LogP contribution in [0.2, 0.25) is 0 Å². The third-order valence-electron chi connectivity index (χ3n) is 3.66. The normalized spacial score (nSPS) is 12.3. The monoisotopic (exact) mass is 279 g/mol. The lowest BCUT2D eigenvalue weighted by Gasteiger charge is -2.13. The number of hydrogen-bond acceptors (Lipinski definition) is 3. The molecule has 1 N–H and O–H groups in total. The summed E-state index contributed by atoms with van der Waals surface area (Å²) in [5.41, 5.74) is 1.93. The molecule has 1 heterocycles. The largest absolute Gasteiger partial charge is 0.497 e. The summed E-state index contributed by atoms with van der Waals surface area (Å²) in [7, 11) is 1.66. The van der Waals surface area contributed by atoms with Crippen LogP contribution >= 0.6 is 0 Å². The summed E-state index contributed by atoms with van der Waals surface area (Å²) in [5.74, 6) is 0.825. The molecule has 106 valence electrons. The summed E-state index contributed by atoms with van der Waals surface area (Å²) in [6, 6.07) is 15.8. The first-order valence-electron chi connectivity index (χ1n) is 6.91. The molecule has 0 aliphatic heterocycles. The van der Waals surface area contributed by atoms with Crippen LogP contribution in [0.15, 0.2) is 60.9 Å². The topological polar surface area (TPSA) is 42.4 Å². The number of nitrogens with zero attached hydrogens (tertiary/aromatic N) is 1. The molecule has 21 heavy (non-hydrogen) atoms. The molecule has 0 amide bonds. The zero-order chi connectivity index (χ0) is 14.7. The highest BCUT2D eigenvalue weighted by atomic mass is 16.5. The van der Waals surface area contributed by atoms with Gasteiger partial charge in [0.2, 0.25) is 0 Å². The number of pyridine rings is 1. The molecule has 0 saturated heterocycles. The molecule has 0 saturated carbocycles. The summed E-state index contributed by atoms with van der Waals surface area (Å²) >= 11 is 0. The van der Waals surface area contributed by atoms with Gasteiger partial charge in [0, 0.05) is 18.8 Å². The average Bonchev–Trinajstić information content (AvgIpc) is 2.55. The molecule has 0 radical (unpaired) electrons. The Morgan fingerprint density at radius 1 is 1.14 bits per heavy atom. The van der Waals surface area contributed by atoms with E-state index in [1.807, 2.05) is 42.5 Å². The second kappa shape index (κ2) is 5.94. The van der Waals surface area contributed by atoms with Gasteiger partial charge in [-0.25, -0.2) is 0 Å². The van der Waals surface area contributed by atoms with Crippen molar-refractivity contribution in [3.8, 4) is 5.75 Å². The third kappa shape index (κ3) is 2.88. The number of hydrogen-bond donors (Lipinski definition) is 1. The first-order chi connectivity index (χ1) is 10.3. The molecule has 0 bridgehead atoms. The summed E-state index contributed by atoms with van der Waals surface area (Å²) in [5, 5.41) is 12.6. The zero-order valence-corrected chi connectivity index (χ0v) is 11.9. The molecule has 2 aromatic carbocycles. The smallest absolute Gasteiger partial charge is 0.119 e. The molecule has 0 aliphatic carbocycles. The van der Waals surface area contributed by atoms with E-state index in [1.54, 1.807) is 19.5 Å². The molecule has 0 aliphatic rings. The highest BCUT2D eigenvalue weighted by Crippen LogP contribution is 2.27. The van der Waals surface area contributed by atoms with Crippen LogP contribution in [0.1, 0.15) is 17.2 Å². The van der Waals surface area contributed by atoms with Gasteiger partial charge in [-0.1, -0.05) is 30.3 Å². The van der Waals surface area contributed by atoms with Gasteiger partial charge in [0.25, 0.3) is 0 Å². The summed E-state index contributed by atoms with van der Waals surface area (Å²) < 4.78 is 5.29. The highest BCUT2D eigenvalue weighted by Gasteiger charge is 2.11. The lowest BCUT2D eigenvalue weighted by molar-refractivity contribution is 0.178. The number of methoxy groups -OCH3 is 1.